The number of nitrogens with one attached hydrogen (secondary N) is 2. The van der Waals surface area contributed by atoms with Crippen molar-refractivity contribution in [2.45, 2.75) is 37.6 Å². The molecular weight excluding hydrogens is 368 g/mol. The summed E-state index contributed by atoms with van der Waals surface area (Å²) in [4.78, 5) is 25.5. The number of imide groups is 1. The Kier molecular flexibility index (Phi) is 6.96. The summed E-state index contributed by atoms with van der Waals surface area (Å²) in [5, 5.41) is 4.58. The van der Waals surface area contributed by atoms with E-state index >= 15 is 0 Å². The Morgan fingerprint density at radius 3 is 2.04 bits per heavy atom. The molecule has 1 aliphatic heterocycles. The van der Waals surface area contributed by atoms with E-state index in [1.165, 1.54) is 11.4 Å². The molecule has 0 saturated carbocycles. The lowest BCUT2D eigenvalue weighted by molar-refractivity contribution is -0.125. The second-order valence-corrected chi connectivity index (χ2v) is 8.85. The second-order valence-electron chi connectivity index (χ2n) is 6.91. The van der Waals surface area contributed by atoms with Crippen LogP contribution in [0, 0.1) is 0 Å². The number of sulfonamides is 1. The first-order valence-electron chi connectivity index (χ1n) is 9.03. The van der Waals surface area contributed by atoms with Crippen LogP contribution in [0.5, 0.6) is 0 Å². The van der Waals surface area contributed by atoms with Crippen molar-refractivity contribution in [2.24, 2.45) is 0 Å². The van der Waals surface area contributed by atoms with Crippen molar-refractivity contribution < 1.29 is 18.0 Å². The Morgan fingerprint density at radius 1 is 1.00 bits per heavy atom. The minimum Gasteiger partial charge on any atom is -0.341 e. The maximum Gasteiger partial charge on any atom is 0.321 e. The van der Waals surface area contributed by atoms with Gasteiger partial charge >= 0.3 is 6.03 Å². The van der Waals surface area contributed by atoms with Gasteiger partial charge in [0.15, 0.2) is 0 Å². The van der Waals surface area contributed by atoms with Crippen LogP contribution in [0.2, 0.25) is 0 Å². The van der Waals surface area contributed by atoms with Gasteiger partial charge in [0.05, 0.1) is 10.9 Å². The Morgan fingerprint density at radius 2 is 1.56 bits per heavy atom. The molecule has 1 aromatic rings. The van der Waals surface area contributed by atoms with Crippen molar-refractivity contribution in [3.63, 3.8) is 0 Å². The summed E-state index contributed by atoms with van der Waals surface area (Å²) in [5.41, 5.74) is 1.09. The molecule has 2 rings (SSSR count). The number of rotatable bonds is 5. The van der Waals surface area contributed by atoms with E-state index in [1.807, 2.05) is 17.0 Å². The smallest absolute Gasteiger partial charge is 0.321 e. The number of benzene rings is 1. The fourth-order valence-corrected chi connectivity index (χ4v) is 4.37. The van der Waals surface area contributed by atoms with Crippen LogP contribution < -0.4 is 10.6 Å². The lowest BCUT2D eigenvalue weighted by atomic mass is 10.0. The molecular formula is C18H28N4O4S. The highest BCUT2D eigenvalue weighted by Crippen LogP contribution is 2.21. The molecule has 8 nitrogen and oxygen atoms in total. The van der Waals surface area contributed by atoms with Crippen LogP contribution in [0.15, 0.2) is 29.2 Å². The van der Waals surface area contributed by atoms with Crippen molar-refractivity contribution >= 4 is 22.0 Å². The van der Waals surface area contributed by atoms with E-state index in [-0.39, 0.29) is 4.90 Å². The first kappa shape index (κ1) is 21.3. The lowest BCUT2D eigenvalue weighted by Gasteiger charge is -2.36. The molecule has 1 aromatic carbocycles. The van der Waals surface area contributed by atoms with E-state index in [9.17, 15) is 18.0 Å². The van der Waals surface area contributed by atoms with E-state index in [0.717, 1.165) is 5.56 Å². The van der Waals surface area contributed by atoms with Crippen molar-refractivity contribution in [3.05, 3.63) is 29.8 Å². The predicted octanol–water partition coefficient (Wildman–Crippen LogP) is 0.960. The van der Waals surface area contributed by atoms with Gasteiger partial charge in [-0.05, 0) is 30.5 Å². The molecule has 1 aliphatic rings. The highest BCUT2D eigenvalue weighted by atomic mass is 32.2. The number of urea groups is 1. The zero-order valence-corrected chi connectivity index (χ0v) is 17.0. The molecule has 0 unspecified atom stereocenters. The topological polar surface area (TPSA) is 98.8 Å². The molecule has 0 aliphatic carbocycles. The summed E-state index contributed by atoms with van der Waals surface area (Å²) >= 11 is 0. The highest BCUT2D eigenvalue weighted by molar-refractivity contribution is 7.89. The number of hydrogen-bond donors (Lipinski definition) is 2. The van der Waals surface area contributed by atoms with E-state index in [1.54, 1.807) is 19.1 Å². The number of nitrogens with zero attached hydrogens (tertiary/aromatic N) is 2. The standard InChI is InChI=1S/C18H28N4O4S/c1-13(2)15-5-7-16(8-6-15)27(25,26)22-11-9-21(10-12-22)14(3)17(23)20-18(24)19-4/h5-8,13-14H,9-12H2,1-4H3,(H2,19,20,23,24)/t14-/m0/s1. The van der Waals surface area contributed by atoms with Crippen LogP contribution in [0.1, 0.15) is 32.3 Å². The Labute approximate surface area is 161 Å². The fraction of sp³-hybridized carbons (Fsp3) is 0.556. The van der Waals surface area contributed by atoms with E-state index in [0.29, 0.717) is 32.1 Å². The Balaban J connectivity index is 1.99. The Bertz CT molecular complexity index is 769. The molecule has 27 heavy (non-hydrogen) atoms. The largest absolute Gasteiger partial charge is 0.341 e. The molecule has 0 radical (unpaired) electrons. The van der Waals surface area contributed by atoms with Gasteiger partial charge < -0.3 is 5.32 Å². The van der Waals surface area contributed by atoms with Crippen LogP contribution in [-0.2, 0) is 14.8 Å². The summed E-state index contributed by atoms with van der Waals surface area (Å²) in [6, 6.07) is 5.92. The molecule has 1 heterocycles. The van der Waals surface area contributed by atoms with Crippen LogP contribution in [0.3, 0.4) is 0 Å². The van der Waals surface area contributed by atoms with Gasteiger partial charge in [0.25, 0.3) is 0 Å². The predicted molar refractivity (Wildman–Crippen MR) is 103 cm³/mol. The summed E-state index contributed by atoms with van der Waals surface area (Å²) in [5.74, 6) is -0.0670. The number of hydrogen-bond acceptors (Lipinski definition) is 5. The zero-order valence-electron chi connectivity index (χ0n) is 16.2. The first-order chi connectivity index (χ1) is 12.7. The third kappa shape index (κ3) is 5.06. The molecule has 0 bridgehead atoms. The normalized spacial score (nSPS) is 17.5. The van der Waals surface area contributed by atoms with Crippen molar-refractivity contribution in [3.8, 4) is 0 Å². The SMILES string of the molecule is CNC(=O)NC(=O)[C@H](C)N1CCN(S(=O)(=O)c2ccc(C(C)C)cc2)CC1. The minimum atomic E-state index is -3.55. The molecule has 1 saturated heterocycles. The van der Waals surface area contributed by atoms with Crippen LogP contribution >= 0.6 is 0 Å². The number of carbonyl (C=O) groups excluding carboxylic acids is 2. The summed E-state index contributed by atoms with van der Waals surface area (Å²) in [6.45, 7) is 7.26. The van der Waals surface area contributed by atoms with Gasteiger partial charge in [-0.1, -0.05) is 26.0 Å². The van der Waals surface area contributed by atoms with Crippen molar-refractivity contribution in [1.82, 2.24) is 19.8 Å². The van der Waals surface area contributed by atoms with Crippen LogP contribution in [0.25, 0.3) is 0 Å². The lowest BCUT2D eigenvalue weighted by Crippen LogP contribution is -2.56. The molecule has 0 aromatic heterocycles. The van der Waals surface area contributed by atoms with Crippen molar-refractivity contribution in [1.29, 1.82) is 0 Å². The maximum atomic E-state index is 12.8. The quantitative estimate of drug-likeness (QED) is 0.772. The Hall–Kier alpha value is -1.97. The zero-order chi connectivity index (χ0) is 20.2. The monoisotopic (exact) mass is 396 g/mol. The van der Waals surface area contributed by atoms with Crippen LogP contribution in [-0.4, -0.2) is 68.8 Å². The molecule has 150 valence electrons. The van der Waals surface area contributed by atoms with E-state index < -0.39 is 28.0 Å². The summed E-state index contributed by atoms with van der Waals surface area (Å²) < 4.78 is 27.1. The fourth-order valence-electron chi connectivity index (χ4n) is 2.95. The van der Waals surface area contributed by atoms with Gasteiger partial charge in [0, 0.05) is 33.2 Å². The van der Waals surface area contributed by atoms with Gasteiger partial charge in [-0.2, -0.15) is 4.31 Å². The molecule has 3 amide bonds. The number of piperazine rings is 1. The molecule has 1 atom stereocenters. The van der Waals surface area contributed by atoms with Gasteiger partial charge in [-0.15, -0.1) is 0 Å². The van der Waals surface area contributed by atoms with Gasteiger partial charge in [-0.25, -0.2) is 13.2 Å². The maximum absolute atomic E-state index is 12.8. The highest BCUT2D eigenvalue weighted by Gasteiger charge is 2.32. The van der Waals surface area contributed by atoms with Crippen LogP contribution in [0.4, 0.5) is 4.79 Å². The minimum absolute atomic E-state index is 0.283. The third-order valence-corrected chi connectivity index (χ3v) is 6.76. The number of carbonyl (C=O) groups is 2. The van der Waals surface area contributed by atoms with Gasteiger partial charge in [-0.3, -0.25) is 15.0 Å². The van der Waals surface area contributed by atoms with E-state index in [4.69, 9.17) is 0 Å². The molecule has 2 N–H and O–H groups in total. The summed E-state index contributed by atoms with van der Waals surface area (Å²) in [6.07, 6.45) is 0. The molecule has 1 fully saturated rings. The van der Waals surface area contributed by atoms with Crippen molar-refractivity contribution in [2.75, 3.05) is 33.2 Å². The first-order valence-corrected chi connectivity index (χ1v) is 10.5. The average molecular weight is 397 g/mol. The molecule has 9 heteroatoms. The van der Waals surface area contributed by atoms with Gasteiger partial charge in [0.1, 0.15) is 0 Å². The summed E-state index contributed by atoms with van der Waals surface area (Å²) in [7, 11) is -2.12. The van der Waals surface area contributed by atoms with Gasteiger partial charge in [0.2, 0.25) is 15.9 Å². The molecule has 0 spiro atoms. The van der Waals surface area contributed by atoms with E-state index in [2.05, 4.69) is 24.5 Å². The average Bonchev–Trinajstić information content (AvgIpc) is 2.67. The number of amides is 3. The second kappa shape index (κ2) is 8.81. The third-order valence-electron chi connectivity index (χ3n) is 4.85.